The Morgan fingerprint density at radius 3 is 2.75 bits per heavy atom. The number of piperidine rings is 1. The molecule has 1 aliphatic rings. The van der Waals surface area contributed by atoms with Crippen LogP contribution in [0.15, 0.2) is 30.5 Å². The maximum absolute atomic E-state index is 12.4. The maximum atomic E-state index is 12.4. The normalized spacial score (nSPS) is 17.2. The number of carbonyl (C=O) groups is 1. The molecule has 1 aromatic carbocycles. The maximum Gasteiger partial charge on any atom is 0.251 e. The van der Waals surface area contributed by atoms with E-state index in [-0.39, 0.29) is 17.7 Å². The van der Waals surface area contributed by atoms with Gasteiger partial charge in [0.1, 0.15) is 9.84 Å². The minimum Gasteiger partial charge on any atom is -0.361 e. The summed E-state index contributed by atoms with van der Waals surface area (Å²) in [5.74, 6) is 0.140. The molecule has 24 heavy (non-hydrogen) atoms. The number of H-pyrrole nitrogens is 1. The van der Waals surface area contributed by atoms with Crippen molar-refractivity contribution in [2.45, 2.75) is 18.9 Å². The Balaban J connectivity index is 1.51. The Labute approximate surface area is 142 Å². The summed E-state index contributed by atoms with van der Waals surface area (Å²) >= 11 is 0. The van der Waals surface area contributed by atoms with Crippen LogP contribution in [0, 0.1) is 0 Å². The quantitative estimate of drug-likeness (QED) is 0.855. The average molecular weight is 349 g/mol. The zero-order valence-electron chi connectivity index (χ0n) is 13.8. The summed E-state index contributed by atoms with van der Waals surface area (Å²) in [6, 6.07) is 7.77. The van der Waals surface area contributed by atoms with Gasteiger partial charge in [-0.25, -0.2) is 8.42 Å². The largest absolute Gasteiger partial charge is 0.361 e. The van der Waals surface area contributed by atoms with Crippen LogP contribution in [0.4, 0.5) is 0 Å². The number of nitrogens with zero attached hydrogens (tertiary/aromatic N) is 1. The van der Waals surface area contributed by atoms with Crippen molar-refractivity contribution in [1.82, 2.24) is 15.2 Å². The van der Waals surface area contributed by atoms with Crippen LogP contribution in [-0.4, -0.2) is 61.9 Å². The summed E-state index contributed by atoms with van der Waals surface area (Å²) in [6.07, 6.45) is 4.82. The minimum absolute atomic E-state index is 0.0546. The Hall–Kier alpha value is -1.86. The molecule has 2 aromatic rings. The SMILES string of the molecule is CS(=O)(=O)CCN1CCC(NC(=O)c2ccc3cc[nH]c3c2)CC1. The molecule has 3 rings (SSSR count). The number of carbonyl (C=O) groups excluding carboxylic acids is 1. The van der Waals surface area contributed by atoms with E-state index in [2.05, 4.69) is 15.2 Å². The summed E-state index contributed by atoms with van der Waals surface area (Å²) in [5.41, 5.74) is 1.61. The highest BCUT2D eigenvalue weighted by molar-refractivity contribution is 7.90. The fourth-order valence-corrected chi connectivity index (χ4v) is 3.64. The van der Waals surface area contributed by atoms with Crippen molar-refractivity contribution < 1.29 is 13.2 Å². The smallest absolute Gasteiger partial charge is 0.251 e. The van der Waals surface area contributed by atoms with Crippen molar-refractivity contribution in [2.24, 2.45) is 0 Å². The molecule has 6 nitrogen and oxygen atoms in total. The molecule has 0 saturated carbocycles. The van der Waals surface area contributed by atoms with E-state index in [0.29, 0.717) is 12.1 Å². The van der Waals surface area contributed by atoms with E-state index in [0.717, 1.165) is 36.8 Å². The fraction of sp³-hybridized carbons (Fsp3) is 0.471. The van der Waals surface area contributed by atoms with Gasteiger partial charge in [0.15, 0.2) is 0 Å². The number of fused-ring (bicyclic) bond motifs is 1. The number of aromatic amines is 1. The lowest BCUT2D eigenvalue weighted by Gasteiger charge is -2.32. The number of rotatable bonds is 5. The molecule has 0 bridgehead atoms. The number of hydrogen-bond acceptors (Lipinski definition) is 4. The summed E-state index contributed by atoms with van der Waals surface area (Å²) in [4.78, 5) is 17.7. The van der Waals surface area contributed by atoms with Crippen LogP contribution < -0.4 is 5.32 Å². The molecule has 1 aromatic heterocycles. The summed E-state index contributed by atoms with van der Waals surface area (Å²) in [6.45, 7) is 2.20. The van der Waals surface area contributed by atoms with Crippen LogP contribution in [0.2, 0.25) is 0 Å². The van der Waals surface area contributed by atoms with E-state index in [4.69, 9.17) is 0 Å². The number of nitrogens with one attached hydrogen (secondary N) is 2. The average Bonchev–Trinajstić information content (AvgIpc) is 3.01. The molecule has 1 fully saturated rings. The summed E-state index contributed by atoms with van der Waals surface area (Å²) < 4.78 is 22.5. The van der Waals surface area contributed by atoms with Crippen LogP contribution in [0.25, 0.3) is 10.9 Å². The van der Waals surface area contributed by atoms with Crippen LogP contribution in [0.3, 0.4) is 0 Å². The van der Waals surface area contributed by atoms with E-state index >= 15 is 0 Å². The van der Waals surface area contributed by atoms with Crippen LogP contribution in [0.1, 0.15) is 23.2 Å². The van der Waals surface area contributed by atoms with Crippen LogP contribution in [-0.2, 0) is 9.84 Å². The van der Waals surface area contributed by atoms with Gasteiger partial charge in [0.2, 0.25) is 0 Å². The van der Waals surface area contributed by atoms with Crippen molar-refractivity contribution in [1.29, 1.82) is 0 Å². The van der Waals surface area contributed by atoms with Gasteiger partial charge in [-0.05, 0) is 36.4 Å². The highest BCUT2D eigenvalue weighted by Gasteiger charge is 2.21. The number of amides is 1. The molecule has 130 valence electrons. The second-order valence-electron chi connectivity index (χ2n) is 6.50. The van der Waals surface area contributed by atoms with Gasteiger partial charge in [0.05, 0.1) is 5.75 Å². The molecule has 0 atom stereocenters. The standard InChI is InChI=1S/C17H23N3O3S/c1-24(22,23)11-10-20-8-5-15(6-9-20)19-17(21)14-3-2-13-4-7-18-16(13)12-14/h2-4,7,12,15,18H,5-6,8-11H2,1H3,(H,19,21). The zero-order valence-corrected chi connectivity index (χ0v) is 14.6. The van der Waals surface area contributed by atoms with Gasteiger partial charge in [0, 0.05) is 49.2 Å². The van der Waals surface area contributed by atoms with Gasteiger partial charge in [-0.1, -0.05) is 6.07 Å². The Kier molecular flexibility index (Phi) is 4.91. The first kappa shape index (κ1) is 17.0. The molecule has 2 N–H and O–H groups in total. The van der Waals surface area contributed by atoms with E-state index in [1.54, 1.807) is 0 Å². The van der Waals surface area contributed by atoms with Gasteiger partial charge in [-0.15, -0.1) is 0 Å². The molecule has 1 amide bonds. The van der Waals surface area contributed by atoms with E-state index in [1.807, 2.05) is 30.5 Å². The molecule has 2 heterocycles. The molecule has 0 aliphatic carbocycles. The zero-order chi connectivity index (χ0) is 17.2. The second-order valence-corrected chi connectivity index (χ2v) is 8.76. The molecule has 1 aliphatic heterocycles. The second kappa shape index (κ2) is 6.94. The van der Waals surface area contributed by atoms with Crippen molar-refractivity contribution >= 4 is 26.6 Å². The topological polar surface area (TPSA) is 82.3 Å². The predicted octanol–water partition coefficient (Wildman–Crippen LogP) is 1.41. The molecule has 0 unspecified atom stereocenters. The number of likely N-dealkylation sites (tertiary alicyclic amines) is 1. The third kappa shape index (κ3) is 4.36. The Bertz CT molecular complexity index is 820. The summed E-state index contributed by atoms with van der Waals surface area (Å²) in [7, 11) is -2.92. The first-order valence-corrected chi connectivity index (χ1v) is 10.2. The first-order chi connectivity index (χ1) is 11.4. The van der Waals surface area contributed by atoms with E-state index < -0.39 is 9.84 Å². The number of sulfone groups is 1. The highest BCUT2D eigenvalue weighted by Crippen LogP contribution is 2.15. The van der Waals surface area contributed by atoms with Crippen molar-refractivity contribution in [3.05, 3.63) is 36.0 Å². The highest BCUT2D eigenvalue weighted by atomic mass is 32.2. The lowest BCUT2D eigenvalue weighted by atomic mass is 10.0. The summed E-state index contributed by atoms with van der Waals surface area (Å²) in [5, 5.41) is 4.18. The molecule has 0 radical (unpaired) electrons. The van der Waals surface area contributed by atoms with Gasteiger partial charge in [0.25, 0.3) is 5.91 Å². The van der Waals surface area contributed by atoms with E-state index in [1.165, 1.54) is 6.26 Å². The van der Waals surface area contributed by atoms with E-state index in [9.17, 15) is 13.2 Å². The van der Waals surface area contributed by atoms with Gasteiger partial charge in [-0.2, -0.15) is 0 Å². The third-order valence-electron chi connectivity index (χ3n) is 4.52. The molecular formula is C17H23N3O3S. The Morgan fingerprint density at radius 1 is 1.29 bits per heavy atom. The lowest BCUT2D eigenvalue weighted by molar-refractivity contribution is 0.0913. The number of benzene rings is 1. The van der Waals surface area contributed by atoms with Gasteiger partial charge < -0.3 is 15.2 Å². The molecular weight excluding hydrogens is 326 g/mol. The van der Waals surface area contributed by atoms with Crippen molar-refractivity contribution in [2.75, 3.05) is 31.6 Å². The van der Waals surface area contributed by atoms with Crippen molar-refractivity contribution in [3.63, 3.8) is 0 Å². The monoisotopic (exact) mass is 349 g/mol. The van der Waals surface area contributed by atoms with Gasteiger partial charge in [-0.3, -0.25) is 4.79 Å². The third-order valence-corrected chi connectivity index (χ3v) is 5.44. The lowest BCUT2D eigenvalue weighted by Crippen LogP contribution is -2.45. The first-order valence-electron chi connectivity index (χ1n) is 8.19. The fourth-order valence-electron chi connectivity index (χ4n) is 3.05. The molecule has 7 heteroatoms. The predicted molar refractivity (Wildman–Crippen MR) is 94.9 cm³/mol. The van der Waals surface area contributed by atoms with Gasteiger partial charge >= 0.3 is 0 Å². The van der Waals surface area contributed by atoms with Crippen LogP contribution >= 0.6 is 0 Å². The number of hydrogen-bond donors (Lipinski definition) is 2. The van der Waals surface area contributed by atoms with Crippen molar-refractivity contribution in [3.8, 4) is 0 Å². The molecule has 0 spiro atoms. The van der Waals surface area contributed by atoms with Crippen LogP contribution in [0.5, 0.6) is 0 Å². The molecule has 1 saturated heterocycles. The Morgan fingerprint density at radius 2 is 2.04 bits per heavy atom. The minimum atomic E-state index is -2.92. The number of aromatic nitrogens is 1.